The molecule has 0 unspecified atom stereocenters. The number of anilines is 1. The van der Waals surface area contributed by atoms with Crippen LogP contribution in [0.4, 0.5) is 10.5 Å². The molecule has 0 saturated heterocycles. The van der Waals surface area contributed by atoms with E-state index in [2.05, 4.69) is 31.7 Å². The highest BCUT2D eigenvalue weighted by Crippen LogP contribution is 2.39. The maximum Gasteiger partial charge on any atom is 0.407 e. The van der Waals surface area contributed by atoms with E-state index >= 15 is 0 Å². The van der Waals surface area contributed by atoms with Gasteiger partial charge in [-0.05, 0) is 48.3 Å². The number of esters is 1. The number of cyclic esters (lactones) is 1. The van der Waals surface area contributed by atoms with Gasteiger partial charge in [0.05, 0.1) is 22.9 Å². The number of hydrogen-bond donors (Lipinski definition) is 2. The molecule has 168 valence electrons. The number of carbonyl (C=O) groups excluding carboxylic acids is 2. The molecule has 10 heteroatoms. The summed E-state index contributed by atoms with van der Waals surface area (Å²) in [5, 5.41) is 10.2. The zero-order valence-electron chi connectivity index (χ0n) is 18.2. The van der Waals surface area contributed by atoms with Gasteiger partial charge in [-0.3, -0.25) is 4.68 Å². The van der Waals surface area contributed by atoms with Gasteiger partial charge in [0.2, 0.25) is 5.79 Å². The Labute approximate surface area is 189 Å². The second kappa shape index (κ2) is 8.78. The lowest BCUT2D eigenvalue weighted by Gasteiger charge is -2.33. The summed E-state index contributed by atoms with van der Waals surface area (Å²) in [6.07, 6.45) is 3.04. The number of aromatic nitrogens is 2. The van der Waals surface area contributed by atoms with Gasteiger partial charge in [0.1, 0.15) is 11.2 Å². The van der Waals surface area contributed by atoms with Crippen LogP contribution in [0.1, 0.15) is 50.5 Å². The van der Waals surface area contributed by atoms with Gasteiger partial charge in [0, 0.05) is 33.1 Å². The van der Waals surface area contributed by atoms with Crippen LogP contribution in [0.5, 0.6) is 5.75 Å². The third-order valence-corrected chi connectivity index (χ3v) is 4.80. The van der Waals surface area contributed by atoms with Gasteiger partial charge in [-0.25, -0.2) is 9.59 Å². The highest BCUT2D eigenvalue weighted by molar-refractivity contribution is 9.10. The van der Waals surface area contributed by atoms with Gasteiger partial charge in [0.25, 0.3) is 0 Å². The SMILES string of the molecule is CC(C)(C)OC(=O)NCCNc1cnn(Cc2ccc(Br)c3c2C(=O)OC(C)(C)O3)c1. The molecular formula is C21H27BrN4O5. The summed E-state index contributed by atoms with van der Waals surface area (Å²) >= 11 is 3.44. The van der Waals surface area contributed by atoms with Crippen molar-refractivity contribution in [3.8, 4) is 5.75 Å². The molecule has 0 radical (unpaired) electrons. The number of rotatable bonds is 6. The minimum atomic E-state index is -1.03. The van der Waals surface area contributed by atoms with E-state index in [0.29, 0.717) is 35.4 Å². The van der Waals surface area contributed by atoms with Crippen molar-refractivity contribution in [2.24, 2.45) is 0 Å². The molecule has 9 nitrogen and oxygen atoms in total. The Kier molecular flexibility index (Phi) is 6.49. The van der Waals surface area contributed by atoms with E-state index in [4.69, 9.17) is 14.2 Å². The van der Waals surface area contributed by atoms with E-state index in [1.807, 2.05) is 39.1 Å². The van der Waals surface area contributed by atoms with Gasteiger partial charge in [-0.1, -0.05) is 6.07 Å². The lowest BCUT2D eigenvalue weighted by molar-refractivity contribution is -0.127. The third-order valence-electron chi connectivity index (χ3n) is 4.17. The Balaban J connectivity index is 1.60. The van der Waals surface area contributed by atoms with Crippen molar-refractivity contribution < 1.29 is 23.8 Å². The van der Waals surface area contributed by atoms with Gasteiger partial charge in [-0.2, -0.15) is 5.10 Å². The van der Waals surface area contributed by atoms with Crippen molar-refractivity contribution in [1.82, 2.24) is 15.1 Å². The number of fused-ring (bicyclic) bond motifs is 1. The van der Waals surface area contributed by atoms with Crippen LogP contribution in [0.3, 0.4) is 0 Å². The third kappa shape index (κ3) is 6.13. The first kappa shape index (κ1) is 22.9. The van der Waals surface area contributed by atoms with Crippen LogP contribution < -0.4 is 15.4 Å². The van der Waals surface area contributed by atoms with E-state index in [1.165, 1.54) is 0 Å². The predicted molar refractivity (Wildman–Crippen MR) is 118 cm³/mol. The maximum atomic E-state index is 12.6. The number of benzene rings is 1. The monoisotopic (exact) mass is 494 g/mol. The largest absolute Gasteiger partial charge is 0.451 e. The summed E-state index contributed by atoms with van der Waals surface area (Å²) in [5.41, 5.74) is 1.38. The number of nitrogens with zero attached hydrogens (tertiary/aromatic N) is 2. The van der Waals surface area contributed by atoms with Crippen LogP contribution in [0.15, 0.2) is 29.0 Å². The average Bonchev–Trinajstić information content (AvgIpc) is 3.06. The molecule has 3 rings (SSSR count). The molecule has 1 aliphatic heterocycles. The fourth-order valence-corrected chi connectivity index (χ4v) is 3.41. The van der Waals surface area contributed by atoms with Crippen LogP contribution in [0.25, 0.3) is 0 Å². The molecule has 0 atom stereocenters. The molecule has 2 aromatic rings. The zero-order chi connectivity index (χ0) is 22.8. The molecule has 0 fully saturated rings. The first-order chi connectivity index (χ1) is 14.4. The molecule has 1 aromatic carbocycles. The summed E-state index contributed by atoms with van der Waals surface area (Å²) in [6.45, 7) is 10.1. The molecule has 1 amide bonds. The van der Waals surface area contributed by atoms with Crippen LogP contribution >= 0.6 is 15.9 Å². The molecule has 0 bridgehead atoms. The number of ether oxygens (including phenoxy) is 3. The Morgan fingerprint density at radius 1 is 1.26 bits per heavy atom. The summed E-state index contributed by atoms with van der Waals surface area (Å²) in [5.74, 6) is -0.986. The lowest BCUT2D eigenvalue weighted by Crippen LogP contribution is -2.39. The lowest BCUT2D eigenvalue weighted by atomic mass is 10.0. The van der Waals surface area contributed by atoms with Crippen molar-refractivity contribution in [3.05, 3.63) is 40.1 Å². The number of hydrogen-bond acceptors (Lipinski definition) is 7. The van der Waals surface area contributed by atoms with Crippen molar-refractivity contribution in [1.29, 1.82) is 0 Å². The number of nitrogens with one attached hydrogen (secondary N) is 2. The normalized spacial score (nSPS) is 14.8. The average molecular weight is 495 g/mol. The highest BCUT2D eigenvalue weighted by atomic mass is 79.9. The van der Waals surface area contributed by atoms with E-state index in [0.717, 1.165) is 11.3 Å². The van der Waals surface area contributed by atoms with Crippen molar-refractivity contribution in [3.63, 3.8) is 0 Å². The quantitative estimate of drug-likeness (QED) is 0.463. The van der Waals surface area contributed by atoms with E-state index in [-0.39, 0.29) is 0 Å². The second-order valence-electron chi connectivity index (χ2n) is 8.58. The molecule has 0 saturated carbocycles. The van der Waals surface area contributed by atoms with Crippen LogP contribution in [0, 0.1) is 0 Å². The minimum absolute atomic E-state index is 0.367. The topological polar surface area (TPSA) is 104 Å². The molecule has 1 aliphatic rings. The number of alkyl carbamates (subject to hydrolysis) is 1. The first-order valence-electron chi connectivity index (χ1n) is 9.90. The van der Waals surface area contributed by atoms with E-state index in [1.54, 1.807) is 24.7 Å². The van der Waals surface area contributed by atoms with Crippen LogP contribution in [0.2, 0.25) is 0 Å². The highest BCUT2D eigenvalue weighted by Gasteiger charge is 2.36. The summed E-state index contributed by atoms with van der Waals surface area (Å²) < 4.78 is 18.8. The number of amides is 1. The minimum Gasteiger partial charge on any atom is -0.451 e. The smallest absolute Gasteiger partial charge is 0.407 e. The standard InChI is InChI=1S/C21H27BrN4O5/c1-20(2,3)31-19(28)24-9-8-23-14-10-25-26(12-14)11-13-6-7-15(22)17-16(13)18(27)30-21(4,5)29-17/h6-7,10,12,23H,8-9,11H2,1-5H3,(H,24,28). The van der Waals surface area contributed by atoms with E-state index < -0.39 is 23.5 Å². The summed E-state index contributed by atoms with van der Waals surface area (Å²) in [4.78, 5) is 24.2. The van der Waals surface area contributed by atoms with Gasteiger partial charge in [0.15, 0.2) is 5.75 Å². The Hall–Kier alpha value is -2.75. The van der Waals surface area contributed by atoms with Crippen molar-refractivity contribution in [2.75, 3.05) is 18.4 Å². The predicted octanol–water partition coefficient (Wildman–Crippen LogP) is 3.92. The van der Waals surface area contributed by atoms with Gasteiger partial charge in [-0.15, -0.1) is 0 Å². The van der Waals surface area contributed by atoms with Crippen molar-refractivity contribution in [2.45, 2.75) is 52.6 Å². The molecule has 1 aromatic heterocycles. The molecule has 0 spiro atoms. The fraction of sp³-hybridized carbons (Fsp3) is 0.476. The Morgan fingerprint density at radius 3 is 2.71 bits per heavy atom. The first-order valence-corrected chi connectivity index (χ1v) is 10.7. The summed E-state index contributed by atoms with van der Waals surface area (Å²) in [6, 6.07) is 3.68. The maximum absolute atomic E-state index is 12.6. The molecule has 2 heterocycles. The van der Waals surface area contributed by atoms with Crippen LogP contribution in [-0.2, 0) is 16.0 Å². The van der Waals surface area contributed by atoms with E-state index in [9.17, 15) is 9.59 Å². The molecular weight excluding hydrogens is 468 g/mol. The Bertz CT molecular complexity index is 981. The van der Waals surface area contributed by atoms with Crippen molar-refractivity contribution >= 4 is 33.7 Å². The van der Waals surface area contributed by atoms with Crippen LogP contribution in [-0.4, -0.2) is 46.3 Å². The molecule has 0 aliphatic carbocycles. The fourth-order valence-electron chi connectivity index (χ4n) is 3.00. The summed E-state index contributed by atoms with van der Waals surface area (Å²) in [7, 11) is 0. The zero-order valence-corrected chi connectivity index (χ0v) is 19.8. The second-order valence-corrected chi connectivity index (χ2v) is 9.44. The molecule has 31 heavy (non-hydrogen) atoms. The molecule has 2 N–H and O–H groups in total. The van der Waals surface area contributed by atoms with Gasteiger partial charge >= 0.3 is 12.1 Å². The number of halogens is 1. The Morgan fingerprint density at radius 2 is 2.00 bits per heavy atom. The van der Waals surface area contributed by atoms with Gasteiger partial charge < -0.3 is 24.8 Å². The number of carbonyl (C=O) groups is 2.